The molecule has 3 nitrogen and oxygen atoms in total. The van der Waals surface area contributed by atoms with E-state index in [9.17, 15) is 13.6 Å². The van der Waals surface area contributed by atoms with Crippen LogP contribution in [0.3, 0.4) is 0 Å². The SMILES string of the molecule is C[NH+](C)C[C@@H](NC(=O)CSc1cc(F)ccc1F)c1ccccc1. The second-order valence-corrected chi connectivity index (χ2v) is 6.82. The Morgan fingerprint density at radius 3 is 2.54 bits per heavy atom. The summed E-state index contributed by atoms with van der Waals surface area (Å²) in [5.74, 6) is -1.21. The summed E-state index contributed by atoms with van der Waals surface area (Å²) in [6.07, 6.45) is 0. The smallest absolute Gasteiger partial charge is 0.231 e. The molecular weight excluding hydrogens is 330 g/mol. The summed E-state index contributed by atoms with van der Waals surface area (Å²) in [7, 11) is 4.03. The Balaban J connectivity index is 1.99. The van der Waals surface area contributed by atoms with E-state index in [1.54, 1.807) is 0 Å². The topological polar surface area (TPSA) is 33.5 Å². The molecule has 1 atom stereocenters. The molecule has 0 bridgehead atoms. The van der Waals surface area contributed by atoms with Crippen LogP contribution in [0.15, 0.2) is 53.4 Å². The molecule has 0 aliphatic rings. The summed E-state index contributed by atoms with van der Waals surface area (Å²) in [6, 6.07) is 12.8. The molecule has 0 saturated heterocycles. The van der Waals surface area contributed by atoms with Crippen LogP contribution >= 0.6 is 11.8 Å². The van der Waals surface area contributed by atoms with Crippen molar-refractivity contribution in [3.63, 3.8) is 0 Å². The van der Waals surface area contributed by atoms with Crippen molar-refractivity contribution in [2.75, 3.05) is 26.4 Å². The van der Waals surface area contributed by atoms with Gasteiger partial charge in [0.1, 0.15) is 24.2 Å². The zero-order valence-corrected chi connectivity index (χ0v) is 14.5. The Kier molecular flexibility index (Phi) is 6.75. The van der Waals surface area contributed by atoms with Gasteiger partial charge in [-0.2, -0.15) is 0 Å². The van der Waals surface area contributed by atoms with Gasteiger partial charge in [-0.1, -0.05) is 30.3 Å². The lowest BCUT2D eigenvalue weighted by molar-refractivity contribution is -0.860. The van der Waals surface area contributed by atoms with E-state index in [1.807, 2.05) is 44.4 Å². The van der Waals surface area contributed by atoms with Crippen molar-refractivity contribution < 1.29 is 18.5 Å². The first kappa shape index (κ1) is 18.4. The van der Waals surface area contributed by atoms with Gasteiger partial charge in [0.2, 0.25) is 5.91 Å². The lowest BCUT2D eigenvalue weighted by atomic mass is 10.1. The number of rotatable bonds is 7. The van der Waals surface area contributed by atoms with Crippen LogP contribution in [-0.4, -0.2) is 32.3 Å². The van der Waals surface area contributed by atoms with Crippen LogP contribution in [0.1, 0.15) is 11.6 Å². The number of benzene rings is 2. The fraction of sp³-hybridized carbons (Fsp3) is 0.278. The summed E-state index contributed by atoms with van der Waals surface area (Å²) in [5, 5.41) is 2.97. The Morgan fingerprint density at radius 1 is 1.17 bits per heavy atom. The van der Waals surface area contributed by atoms with Crippen LogP contribution in [0.25, 0.3) is 0 Å². The Hall–Kier alpha value is -1.92. The number of hydrogen-bond acceptors (Lipinski definition) is 2. The van der Waals surface area contributed by atoms with Crippen molar-refractivity contribution in [2.24, 2.45) is 0 Å². The quantitative estimate of drug-likeness (QED) is 0.749. The lowest BCUT2D eigenvalue weighted by Gasteiger charge is -2.20. The van der Waals surface area contributed by atoms with Gasteiger partial charge in [-0.05, 0) is 23.8 Å². The summed E-state index contributed by atoms with van der Waals surface area (Å²) >= 11 is 0.992. The highest BCUT2D eigenvalue weighted by molar-refractivity contribution is 8.00. The fourth-order valence-electron chi connectivity index (χ4n) is 2.31. The lowest BCUT2D eigenvalue weighted by Crippen LogP contribution is -3.06. The molecule has 2 aromatic carbocycles. The number of nitrogens with one attached hydrogen (secondary N) is 2. The van der Waals surface area contributed by atoms with Gasteiger partial charge >= 0.3 is 0 Å². The molecule has 0 aromatic heterocycles. The van der Waals surface area contributed by atoms with E-state index in [1.165, 1.54) is 4.90 Å². The number of hydrogen-bond donors (Lipinski definition) is 2. The normalized spacial score (nSPS) is 12.2. The van der Waals surface area contributed by atoms with Crippen molar-refractivity contribution in [1.82, 2.24) is 5.32 Å². The minimum absolute atomic E-state index is 0.0342. The summed E-state index contributed by atoms with van der Waals surface area (Å²) in [5.41, 5.74) is 1.02. The monoisotopic (exact) mass is 351 g/mol. The molecule has 1 amide bonds. The van der Waals surface area contributed by atoms with Gasteiger partial charge in [-0.15, -0.1) is 11.8 Å². The molecule has 0 aliphatic heterocycles. The summed E-state index contributed by atoms with van der Waals surface area (Å²) < 4.78 is 26.8. The molecule has 2 aromatic rings. The van der Waals surface area contributed by atoms with E-state index >= 15 is 0 Å². The number of carbonyl (C=O) groups is 1. The van der Waals surface area contributed by atoms with E-state index in [4.69, 9.17) is 0 Å². The van der Waals surface area contributed by atoms with E-state index < -0.39 is 11.6 Å². The van der Waals surface area contributed by atoms with Gasteiger partial charge in [0.05, 0.1) is 19.8 Å². The van der Waals surface area contributed by atoms with Gasteiger partial charge in [-0.25, -0.2) is 8.78 Å². The van der Waals surface area contributed by atoms with Crippen molar-refractivity contribution in [3.8, 4) is 0 Å². The molecule has 0 saturated carbocycles. The van der Waals surface area contributed by atoms with Gasteiger partial charge in [-0.3, -0.25) is 4.79 Å². The second kappa shape index (κ2) is 8.80. The average molecular weight is 351 g/mol. The van der Waals surface area contributed by atoms with E-state index in [-0.39, 0.29) is 22.6 Å². The van der Waals surface area contributed by atoms with E-state index in [2.05, 4.69) is 5.32 Å². The molecule has 6 heteroatoms. The maximum absolute atomic E-state index is 13.6. The molecule has 24 heavy (non-hydrogen) atoms. The first-order valence-corrected chi connectivity index (χ1v) is 8.65. The van der Waals surface area contributed by atoms with Crippen LogP contribution in [-0.2, 0) is 4.79 Å². The Labute approximate surface area is 145 Å². The predicted molar refractivity (Wildman–Crippen MR) is 92.1 cm³/mol. The van der Waals surface area contributed by atoms with Gasteiger partial charge in [0.25, 0.3) is 0 Å². The molecule has 0 unspecified atom stereocenters. The highest BCUT2D eigenvalue weighted by Gasteiger charge is 2.18. The largest absolute Gasteiger partial charge is 0.343 e. The first-order chi connectivity index (χ1) is 11.5. The molecule has 0 heterocycles. The molecule has 128 valence electrons. The highest BCUT2D eigenvalue weighted by Crippen LogP contribution is 2.22. The standard InChI is InChI=1S/C18H20F2N2OS/c1-22(2)11-16(13-6-4-3-5-7-13)21-18(23)12-24-17-10-14(19)8-9-15(17)20/h3-10,16H,11-12H2,1-2H3,(H,21,23)/p+1/t16-/m1/s1. The van der Waals surface area contributed by atoms with E-state index in [0.29, 0.717) is 0 Å². The van der Waals surface area contributed by atoms with Gasteiger partial charge < -0.3 is 10.2 Å². The van der Waals surface area contributed by atoms with Crippen LogP contribution in [0.4, 0.5) is 8.78 Å². The van der Waals surface area contributed by atoms with Gasteiger partial charge in [0, 0.05) is 4.90 Å². The molecule has 0 radical (unpaired) electrons. The molecule has 0 fully saturated rings. The minimum atomic E-state index is -0.522. The van der Waals surface area contributed by atoms with Crippen molar-refractivity contribution in [1.29, 1.82) is 0 Å². The maximum Gasteiger partial charge on any atom is 0.231 e. The average Bonchev–Trinajstić information content (AvgIpc) is 2.55. The number of carbonyl (C=O) groups excluding carboxylic acids is 1. The molecule has 2 rings (SSSR count). The summed E-state index contributed by atoms with van der Waals surface area (Å²) in [6.45, 7) is 0.731. The number of amides is 1. The van der Waals surface area contributed by atoms with Crippen molar-refractivity contribution in [3.05, 3.63) is 65.7 Å². The number of halogens is 2. The second-order valence-electron chi connectivity index (χ2n) is 5.81. The minimum Gasteiger partial charge on any atom is -0.343 e. The van der Waals surface area contributed by atoms with Crippen LogP contribution in [0, 0.1) is 11.6 Å². The van der Waals surface area contributed by atoms with Crippen LogP contribution in [0.5, 0.6) is 0 Å². The maximum atomic E-state index is 13.6. The molecule has 0 spiro atoms. The third kappa shape index (κ3) is 5.62. The van der Waals surface area contributed by atoms with Crippen LogP contribution in [0.2, 0.25) is 0 Å². The fourth-order valence-corrected chi connectivity index (χ4v) is 3.08. The molecule has 2 N–H and O–H groups in total. The zero-order valence-electron chi connectivity index (χ0n) is 13.7. The third-order valence-corrected chi connectivity index (χ3v) is 4.43. The third-order valence-electron chi connectivity index (χ3n) is 3.40. The van der Waals surface area contributed by atoms with Crippen LogP contribution < -0.4 is 10.2 Å². The molecule has 0 aliphatic carbocycles. The highest BCUT2D eigenvalue weighted by atomic mass is 32.2. The van der Waals surface area contributed by atoms with Crippen molar-refractivity contribution in [2.45, 2.75) is 10.9 Å². The summed E-state index contributed by atoms with van der Waals surface area (Å²) in [4.78, 5) is 13.6. The molecular formula is C18H21F2N2OS+. The zero-order chi connectivity index (χ0) is 17.5. The number of likely N-dealkylation sites (N-methyl/N-ethyl adjacent to an activating group) is 1. The Morgan fingerprint density at radius 2 is 1.88 bits per heavy atom. The Bertz CT molecular complexity index is 680. The predicted octanol–water partition coefficient (Wildman–Crippen LogP) is 2.06. The number of thioether (sulfide) groups is 1. The van der Waals surface area contributed by atoms with Gasteiger partial charge in [0.15, 0.2) is 0 Å². The first-order valence-electron chi connectivity index (χ1n) is 7.67. The van der Waals surface area contributed by atoms with E-state index in [0.717, 1.165) is 42.1 Å². The van der Waals surface area contributed by atoms with Crippen molar-refractivity contribution >= 4 is 17.7 Å². The number of quaternary nitrogens is 1.